The molecule has 0 aliphatic carbocycles. The Morgan fingerprint density at radius 3 is 2.43 bits per heavy atom. The Bertz CT molecular complexity index is 936. The Morgan fingerprint density at radius 2 is 1.82 bits per heavy atom. The topological polar surface area (TPSA) is 75.7 Å². The Kier molecular flexibility index (Phi) is 5.23. The number of Topliss-reactive ketones (excluding diaryl/α,β-unsaturated/α-hetero) is 1. The molecule has 1 heterocycles. The number of amides is 3. The van der Waals surface area contributed by atoms with Crippen molar-refractivity contribution in [3.63, 3.8) is 0 Å². The highest BCUT2D eigenvalue weighted by Gasteiger charge is 2.49. The monoisotopic (exact) mass is 380 g/mol. The molecule has 1 aliphatic rings. The number of nitrogens with one attached hydrogen (secondary N) is 1. The van der Waals surface area contributed by atoms with Crippen LogP contribution < -0.4 is 10.1 Å². The molecule has 1 fully saturated rings. The van der Waals surface area contributed by atoms with E-state index in [1.54, 1.807) is 25.1 Å². The normalized spacial score (nSPS) is 18.9. The molecule has 2 aromatic carbocycles. The highest BCUT2D eigenvalue weighted by atomic mass is 16.5. The minimum absolute atomic E-state index is 0.0303. The van der Waals surface area contributed by atoms with Crippen molar-refractivity contribution in [2.45, 2.75) is 39.8 Å². The molecule has 0 spiro atoms. The van der Waals surface area contributed by atoms with E-state index in [1.165, 1.54) is 11.8 Å². The summed E-state index contributed by atoms with van der Waals surface area (Å²) in [6, 6.07) is 12.1. The molecule has 28 heavy (non-hydrogen) atoms. The average Bonchev–Trinajstić information content (AvgIpc) is 2.87. The van der Waals surface area contributed by atoms with Crippen molar-refractivity contribution in [2.75, 3.05) is 6.61 Å². The van der Waals surface area contributed by atoms with Crippen LogP contribution in [-0.4, -0.2) is 29.2 Å². The highest BCUT2D eigenvalue weighted by Crippen LogP contribution is 2.31. The summed E-state index contributed by atoms with van der Waals surface area (Å²) in [5.41, 5.74) is 1.79. The minimum atomic E-state index is -1.13. The number of carbonyl (C=O) groups is 3. The van der Waals surface area contributed by atoms with E-state index in [0.29, 0.717) is 23.5 Å². The van der Waals surface area contributed by atoms with Crippen LogP contribution in [0, 0.1) is 6.92 Å². The summed E-state index contributed by atoms with van der Waals surface area (Å²) in [5.74, 6) is 0.125. The lowest BCUT2D eigenvalue weighted by Crippen LogP contribution is -2.40. The number of hydrogen-bond acceptors (Lipinski definition) is 4. The van der Waals surface area contributed by atoms with Crippen molar-refractivity contribution in [1.29, 1.82) is 0 Å². The van der Waals surface area contributed by atoms with Crippen LogP contribution in [0.4, 0.5) is 4.79 Å². The van der Waals surface area contributed by atoms with E-state index in [4.69, 9.17) is 4.74 Å². The SMILES string of the molecule is CCOc1ccc(C(C)=O)cc1CN1C(=O)NC(C)(c2ccc(C)cc2)C1=O. The number of benzene rings is 2. The second-order valence-electron chi connectivity index (χ2n) is 7.12. The number of ether oxygens (including phenoxy) is 1. The first-order valence-electron chi connectivity index (χ1n) is 9.24. The van der Waals surface area contributed by atoms with Gasteiger partial charge in [-0.1, -0.05) is 29.8 Å². The van der Waals surface area contributed by atoms with E-state index in [9.17, 15) is 14.4 Å². The van der Waals surface area contributed by atoms with E-state index < -0.39 is 11.6 Å². The van der Waals surface area contributed by atoms with Crippen LogP contribution in [0.2, 0.25) is 0 Å². The lowest BCUT2D eigenvalue weighted by Gasteiger charge is -2.23. The number of hydrogen-bond donors (Lipinski definition) is 1. The first-order valence-corrected chi connectivity index (χ1v) is 9.24. The summed E-state index contributed by atoms with van der Waals surface area (Å²) < 4.78 is 5.62. The number of nitrogens with zero attached hydrogens (tertiary/aromatic N) is 1. The van der Waals surface area contributed by atoms with Gasteiger partial charge in [0.2, 0.25) is 0 Å². The number of imide groups is 1. The number of ketones is 1. The fourth-order valence-electron chi connectivity index (χ4n) is 3.31. The van der Waals surface area contributed by atoms with Gasteiger partial charge in [-0.3, -0.25) is 14.5 Å². The lowest BCUT2D eigenvalue weighted by atomic mass is 9.91. The fourth-order valence-corrected chi connectivity index (χ4v) is 3.31. The van der Waals surface area contributed by atoms with Crippen LogP contribution in [-0.2, 0) is 16.9 Å². The fraction of sp³-hybridized carbons (Fsp3) is 0.318. The van der Waals surface area contributed by atoms with E-state index in [1.807, 2.05) is 38.1 Å². The van der Waals surface area contributed by atoms with Crippen molar-refractivity contribution >= 4 is 17.7 Å². The molecule has 1 aliphatic heterocycles. The second kappa shape index (κ2) is 7.46. The third kappa shape index (κ3) is 3.50. The molecule has 0 bridgehead atoms. The van der Waals surface area contributed by atoms with Crippen molar-refractivity contribution in [1.82, 2.24) is 10.2 Å². The number of rotatable bonds is 6. The van der Waals surface area contributed by atoms with E-state index in [0.717, 1.165) is 11.1 Å². The van der Waals surface area contributed by atoms with Gasteiger partial charge in [-0.05, 0) is 51.5 Å². The molecule has 1 saturated heterocycles. The number of urea groups is 1. The van der Waals surface area contributed by atoms with Gasteiger partial charge < -0.3 is 10.1 Å². The van der Waals surface area contributed by atoms with Gasteiger partial charge >= 0.3 is 6.03 Å². The molecular weight excluding hydrogens is 356 g/mol. The van der Waals surface area contributed by atoms with Gasteiger partial charge in [0.05, 0.1) is 13.2 Å². The quantitative estimate of drug-likeness (QED) is 0.614. The molecule has 146 valence electrons. The van der Waals surface area contributed by atoms with Crippen LogP contribution in [0.3, 0.4) is 0 Å². The molecular formula is C22H24N2O4. The van der Waals surface area contributed by atoms with Crippen LogP contribution in [0.25, 0.3) is 0 Å². The van der Waals surface area contributed by atoms with Crippen molar-refractivity contribution < 1.29 is 19.1 Å². The Hall–Kier alpha value is -3.15. The molecule has 0 saturated carbocycles. The van der Waals surface area contributed by atoms with Crippen molar-refractivity contribution in [2.24, 2.45) is 0 Å². The molecule has 3 amide bonds. The minimum Gasteiger partial charge on any atom is -0.494 e. The third-order valence-corrected chi connectivity index (χ3v) is 5.00. The average molecular weight is 380 g/mol. The Labute approximate surface area is 164 Å². The summed E-state index contributed by atoms with van der Waals surface area (Å²) in [4.78, 5) is 38.7. The van der Waals surface area contributed by atoms with Crippen LogP contribution in [0.5, 0.6) is 5.75 Å². The first kappa shape index (κ1) is 19.6. The standard InChI is InChI=1S/C22H24N2O4/c1-5-28-19-11-8-16(15(3)25)12-17(19)13-24-20(26)22(4,23-21(24)27)18-9-6-14(2)7-10-18/h6-12H,5,13H2,1-4H3,(H,23,27). The summed E-state index contributed by atoms with van der Waals surface area (Å²) in [5, 5.41) is 2.80. The van der Waals surface area contributed by atoms with Crippen LogP contribution in [0.15, 0.2) is 42.5 Å². The largest absolute Gasteiger partial charge is 0.494 e. The highest BCUT2D eigenvalue weighted by molar-refractivity contribution is 6.07. The van der Waals surface area contributed by atoms with E-state index in [-0.39, 0.29) is 18.2 Å². The molecule has 1 atom stereocenters. The molecule has 1 N–H and O–H groups in total. The lowest BCUT2D eigenvalue weighted by molar-refractivity contribution is -0.131. The van der Waals surface area contributed by atoms with E-state index in [2.05, 4.69) is 5.32 Å². The predicted molar refractivity (Wildman–Crippen MR) is 105 cm³/mol. The Balaban J connectivity index is 1.93. The molecule has 3 rings (SSSR count). The Morgan fingerprint density at radius 1 is 1.14 bits per heavy atom. The second-order valence-corrected chi connectivity index (χ2v) is 7.12. The van der Waals surface area contributed by atoms with Gasteiger partial charge in [-0.15, -0.1) is 0 Å². The van der Waals surface area contributed by atoms with Crippen molar-refractivity contribution in [3.8, 4) is 5.75 Å². The van der Waals surface area contributed by atoms with Crippen LogP contribution in [0.1, 0.15) is 47.8 Å². The van der Waals surface area contributed by atoms with Crippen molar-refractivity contribution in [3.05, 3.63) is 64.7 Å². The zero-order chi connectivity index (χ0) is 20.5. The molecule has 1 unspecified atom stereocenters. The molecule has 0 radical (unpaired) electrons. The first-order chi connectivity index (χ1) is 13.3. The summed E-state index contributed by atoms with van der Waals surface area (Å²) in [7, 11) is 0. The summed E-state index contributed by atoms with van der Waals surface area (Å²) in [6.45, 7) is 7.46. The molecule has 2 aromatic rings. The van der Waals surface area contributed by atoms with Gasteiger partial charge in [-0.2, -0.15) is 0 Å². The van der Waals surface area contributed by atoms with Gasteiger partial charge in [-0.25, -0.2) is 4.79 Å². The van der Waals surface area contributed by atoms with Gasteiger partial charge in [0.1, 0.15) is 11.3 Å². The molecule has 6 heteroatoms. The maximum atomic E-state index is 13.2. The van der Waals surface area contributed by atoms with E-state index >= 15 is 0 Å². The molecule has 6 nitrogen and oxygen atoms in total. The van der Waals surface area contributed by atoms with Crippen LogP contribution >= 0.6 is 0 Å². The zero-order valence-electron chi connectivity index (χ0n) is 16.5. The van der Waals surface area contributed by atoms with Gasteiger partial charge in [0.25, 0.3) is 5.91 Å². The third-order valence-electron chi connectivity index (χ3n) is 5.00. The van der Waals surface area contributed by atoms with Gasteiger partial charge in [0.15, 0.2) is 5.78 Å². The summed E-state index contributed by atoms with van der Waals surface area (Å²) >= 11 is 0. The maximum absolute atomic E-state index is 13.2. The number of aryl methyl sites for hydroxylation is 1. The smallest absolute Gasteiger partial charge is 0.325 e. The zero-order valence-corrected chi connectivity index (χ0v) is 16.5. The molecule has 0 aromatic heterocycles. The maximum Gasteiger partial charge on any atom is 0.325 e. The summed E-state index contributed by atoms with van der Waals surface area (Å²) in [6.07, 6.45) is 0. The number of carbonyl (C=O) groups excluding carboxylic acids is 3. The van der Waals surface area contributed by atoms with Gasteiger partial charge in [0, 0.05) is 11.1 Å². The predicted octanol–water partition coefficient (Wildman–Crippen LogP) is 3.56.